The van der Waals surface area contributed by atoms with Crippen molar-refractivity contribution in [3.8, 4) is 0 Å². The molecular weight excluding hydrogens is 392 g/mol. The molecule has 0 aliphatic carbocycles. The third kappa shape index (κ3) is 4.57. The Kier molecular flexibility index (Phi) is 6.41. The highest BCUT2D eigenvalue weighted by Crippen LogP contribution is 2.25. The van der Waals surface area contributed by atoms with E-state index in [1.54, 1.807) is 53.4 Å². The second-order valence-electron chi connectivity index (χ2n) is 6.28. The van der Waals surface area contributed by atoms with E-state index in [-0.39, 0.29) is 12.4 Å². The minimum absolute atomic E-state index is 0.0594. The molecule has 0 saturated heterocycles. The number of anilines is 1. The molecule has 0 amide bonds. The van der Waals surface area contributed by atoms with Gasteiger partial charge in [-0.05, 0) is 42.8 Å². The summed E-state index contributed by atoms with van der Waals surface area (Å²) in [5.41, 5.74) is 3.41. The number of hydrogen-bond donors (Lipinski definition) is 3. The van der Waals surface area contributed by atoms with Gasteiger partial charge < -0.3 is 15.5 Å². The third-order valence-corrected chi connectivity index (χ3v) is 4.77. The van der Waals surface area contributed by atoms with Crippen LogP contribution in [0.5, 0.6) is 0 Å². The molecule has 0 radical (unpaired) electrons. The van der Waals surface area contributed by atoms with Gasteiger partial charge in [-0.15, -0.1) is 0 Å². The highest BCUT2D eigenvalue weighted by Gasteiger charge is 2.25. The van der Waals surface area contributed by atoms with Crippen molar-refractivity contribution in [3.05, 3.63) is 94.8 Å². The lowest BCUT2D eigenvalue weighted by Gasteiger charge is -2.11. The van der Waals surface area contributed by atoms with Crippen LogP contribution in [0.4, 0.5) is 5.69 Å². The predicted octanol–water partition coefficient (Wildman–Crippen LogP) is 4.75. The van der Waals surface area contributed by atoms with E-state index in [1.165, 1.54) is 0 Å². The van der Waals surface area contributed by atoms with Gasteiger partial charge in [0.05, 0.1) is 11.6 Å². The average molecular weight is 412 g/mol. The first-order chi connectivity index (χ1) is 13.5. The number of thiocarbonyl (C=S) groups is 1. The molecule has 3 rings (SSSR count). The molecule has 0 atom stereocenters. The van der Waals surface area contributed by atoms with Gasteiger partial charge in [0.1, 0.15) is 0 Å². The summed E-state index contributed by atoms with van der Waals surface area (Å²) in [5, 5.41) is 24.1. The van der Waals surface area contributed by atoms with Crippen LogP contribution in [0.2, 0.25) is 5.02 Å². The Morgan fingerprint density at radius 1 is 1.11 bits per heavy atom. The van der Waals surface area contributed by atoms with Gasteiger partial charge in [0, 0.05) is 22.9 Å². The van der Waals surface area contributed by atoms with Crippen molar-refractivity contribution in [1.82, 2.24) is 0 Å². The minimum Gasteiger partial charge on any atom is -0.502 e. The zero-order chi connectivity index (χ0) is 20.1. The van der Waals surface area contributed by atoms with Crippen LogP contribution in [0.3, 0.4) is 0 Å². The maximum absolute atomic E-state index is 11.1. The fourth-order valence-corrected chi connectivity index (χ4v) is 3.34. The Labute approximate surface area is 174 Å². The van der Waals surface area contributed by atoms with Crippen LogP contribution in [-0.4, -0.2) is 15.2 Å². The van der Waals surface area contributed by atoms with E-state index in [2.05, 4.69) is 5.32 Å². The summed E-state index contributed by atoms with van der Waals surface area (Å²) in [6.07, 6.45) is 3.47. The second-order valence-corrected chi connectivity index (χ2v) is 7.09. The largest absolute Gasteiger partial charge is 0.502 e. The Balaban J connectivity index is 2.12. The fourth-order valence-electron chi connectivity index (χ4n) is 2.80. The topological polar surface area (TPSA) is 56.4 Å². The zero-order valence-corrected chi connectivity index (χ0v) is 16.8. The number of aryl methyl sites for hydroxylation is 1. The molecule has 0 fully saturated rings. The van der Waals surface area contributed by atoms with Gasteiger partial charge in [0.2, 0.25) is 5.76 Å². The SMILES string of the molecule is Cc1cccc(NC(=S)/C(=C(/O)c2ccccc2Cl)[n+]2cccc(CO)c2)c1. The van der Waals surface area contributed by atoms with E-state index < -0.39 is 0 Å². The number of aliphatic hydroxyl groups is 2. The molecule has 1 heterocycles. The Morgan fingerprint density at radius 3 is 2.61 bits per heavy atom. The van der Waals surface area contributed by atoms with Crippen LogP contribution in [-0.2, 0) is 6.61 Å². The van der Waals surface area contributed by atoms with Crippen molar-refractivity contribution in [2.75, 3.05) is 5.32 Å². The first-order valence-electron chi connectivity index (χ1n) is 8.67. The van der Waals surface area contributed by atoms with Crippen LogP contribution in [0.25, 0.3) is 11.5 Å². The maximum atomic E-state index is 11.1. The summed E-state index contributed by atoms with van der Waals surface area (Å²) in [4.78, 5) is 0.322. The summed E-state index contributed by atoms with van der Waals surface area (Å²) in [6.45, 7) is 1.87. The van der Waals surface area contributed by atoms with Crippen LogP contribution in [0.1, 0.15) is 16.7 Å². The summed E-state index contributed by atoms with van der Waals surface area (Å²) in [6, 6.07) is 18.4. The average Bonchev–Trinajstić information content (AvgIpc) is 2.68. The zero-order valence-electron chi connectivity index (χ0n) is 15.3. The predicted molar refractivity (Wildman–Crippen MR) is 117 cm³/mol. The lowest BCUT2D eigenvalue weighted by Crippen LogP contribution is -2.39. The molecule has 3 aromatic rings. The van der Waals surface area contributed by atoms with Crippen LogP contribution in [0, 0.1) is 6.92 Å². The quantitative estimate of drug-likeness (QED) is 0.245. The number of benzene rings is 2. The number of nitrogens with zero attached hydrogens (tertiary/aromatic N) is 1. The number of pyridine rings is 1. The highest BCUT2D eigenvalue weighted by molar-refractivity contribution is 7.81. The van der Waals surface area contributed by atoms with Crippen LogP contribution in [0.15, 0.2) is 73.1 Å². The normalized spacial score (nSPS) is 11.7. The first kappa shape index (κ1) is 20.0. The molecule has 0 unspecified atom stereocenters. The van der Waals surface area contributed by atoms with Crippen LogP contribution >= 0.6 is 23.8 Å². The second kappa shape index (κ2) is 8.97. The van der Waals surface area contributed by atoms with E-state index >= 15 is 0 Å². The lowest BCUT2D eigenvalue weighted by molar-refractivity contribution is -0.576. The molecule has 4 nitrogen and oxygen atoms in total. The smallest absolute Gasteiger partial charge is 0.288 e. The molecule has 6 heteroatoms. The molecule has 0 aliphatic heterocycles. The van der Waals surface area contributed by atoms with Gasteiger partial charge in [0.15, 0.2) is 17.4 Å². The van der Waals surface area contributed by atoms with Gasteiger partial charge in [-0.2, -0.15) is 4.57 Å². The van der Waals surface area contributed by atoms with E-state index in [4.69, 9.17) is 23.8 Å². The lowest BCUT2D eigenvalue weighted by atomic mass is 10.1. The van der Waals surface area contributed by atoms with E-state index in [0.717, 1.165) is 11.3 Å². The van der Waals surface area contributed by atoms with E-state index in [0.29, 0.717) is 26.8 Å². The number of halogens is 1. The molecule has 142 valence electrons. The van der Waals surface area contributed by atoms with E-state index in [9.17, 15) is 10.2 Å². The van der Waals surface area contributed by atoms with Crippen molar-refractivity contribution in [1.29, 1.82) is 0 Å². The minimum atomic E-state index is -0.126. The molecule has 0 bridgehead atoms. The van der Waals surface area contributed by atoms with Crippen molar-refractivity contribution in [2.24, 2.45) is 0 Å². The standard InChI is InChI=1S/C22H19ClN2O2S/c1-15-6-4-8-17(12-15)24-22(28)20(25-11-5-7-16(13-25)14-26)21(27)18-9-2-3-10-19(18)23/h2-13,26H,14H2,1H3,(H-,24,27,28)/p+1. The first-order valence-corrected chi connectivity index (χ1v) is 9.46. The maximum Gasteiger partial charge on any atom is 0.288 e. The molecule has 3 N–H and O–H groups in total. The van der Waals surface area contributed by atoms with Gasteiger partial charge in [-0.25, -0.2) is 0 Å². The van der Waals surface area contributed by atoms with Crippen molar-refractivity contribution >= 4 is 46.0 Å². The van der Waals surface area contributed by atoms with Gasteiger partial charge in [-0.1, -0.05) is 48.1 Å². The number of hydrogen-bond acceptors (Lipinski definition) is 3. The summed E-state index contributed by atoms with van der Waals surface area (Å²) >= 11 is 11.9. The Hall–Kier alpha value is -2.73. The molecule has 0 saturated carbocycles. The van der Waals surface area contributed by atoms with Gasteiger partial charge in [0.25, 0.3) is 5.70 Å². The van der Waals surface area contributed by atoms with Crippen molar-refractivity contribution in [3.63, 3.8) is 0 Å². The summed E-state index contributed by atoms with van der Waals surface area (Å²) in [7, 11) is 0. The Morgan fingerprint density at radius 2 is 1.89 bits per heavy atom. The number of aliphatic hydroxyl groups excluding tert-OH is 2. The fraction of sp³-hybridized carbons (Fsp3) is 0.0909. The summed E-state index contributed by atoms with van der Waals surface area (Å²) < 4.78 is 1.68. The van der Waals surface area contributed by atoms with Crippen molar-refractivity contribution < 1.29 is 14.8 Å². The monoisotopic (exact) mass is 411 g/mol. The summed E-state index contributed by atoms with van der Waals surface area (Å²) in [5.74, 6) is -0.0594. The highest BCUT2D eigenvalue weighted by atomic mass is 35.5. The van der Waals surface area contributed by atoms with Crippen molar-refractivity contribution in [2.45, 2.75) is 13.5 Å². The molecule has 28 heavy (non-hydrogen) atoms. The molecule has 2 aromatic carbocycles. The molecule has 0 spiro atoms. The van der Waals surface area contributed by atoms with Gasteiger partial charge >= 0.3 is 0 Å². The number of aromatic nitrogens is 1. The van der Waals surface area contributed by atoms with E-state index in [1.807, 2.05) is 31.2 Å². The molecular formula is C22H20ClN2O2S+. The van der Waals surface area contributed by atoms with Crippen LogP contribution < -0.4 is 9.88 Å². The Bertz CT molecular complexity index is 1050. The third-order valence-electron chi connectivity index (χ3n) is 4.15. The molecule has 0 aliphatic rings. The number of nitrogens with one attached hydrogen (secondary N) is 1. The van der Waals surface area contributed by atoms with Gasteiger partial charge in [-0.3, -0.25) is 0 Å². The number of rotatable bonds is 5. The molecule has 1 aromatic heterocycles.